The van der Waals surface area contributed by atoms with Gasteiger partial charge in [-0.25, -0.2) is 4.98 Å². The highest BCUT2D eigenvalue weighted by Gasteiger charge is 2.31. The van der Waals surface area contributed by atoms with Crippen LogP contribution in [0.4, 0.5) is 0 Å². The number of pyridine rings is 1. The fourth-order valence-corrected chi connectivity index (χ4v) is 3.72. The lowest BCUT2D eigenvalue weighted by molar-refractivity contribution is -0.133. The van der Waals surface area contributed by atoms with Gasteiger partial charge in [-0.15, -0.1) is 0 Å². The number of carbonyl (C=O) groups is 1. The van der Waals surface area contributed by atoms with Crippen LogP contribution in [0, 0.1) is 0 Å². The monoisotopic (exact) mass is 367 g/mol. The first-order chi connectivity index (χ1) is 13.1. The number of amides is 1. The molecule has 3 aromatic heterocycles. The SMILES string of the molecule is CC(C)c1nc(C2CCCCCN2C(=O)Cc2c[nH]c3ncccc23)no1. The third kappa shape index (κ3) is 3.59. The van der Waals surface area contributed by atoms with E-state index in [1.165, 1.54) is 0 Å². The minimum atomic E-state index is -0.111. The number of nitrogens with one attached hydrogen (secondary N) is 1. The zero-order valence-corrected chi connectivity index (χ0v) is 15.8. The summed E-state index contributed by atoms with van der Waals surface area (Å²) in [5.41, 5.74) is 1.79. The van der Waals surface area contributed by atoms with Crippen LogP contribution in [0.25, 0.3) is 11.0 Å². The lowest BCUT2D eigenvalue weighted by atomic mass is 10.1. The number of H-pyrrole nitrogens is 1. The second-order valence-electron chi connectivity index (χ2n) is 7.49. The van der Waals surface area contributed by atoms with Crippen LogP contribution in [0.15, 0.2) is 29.0 Å². The minimum absolute atomic E-state index is 0.0996. The molecule has 0 bridgehead atoms. The summed E-state index contributed by atoms with van der Waals surface area (Å²) in [7, 11) is 0. The molecule has 7 nitrogen and oxygen atoms in total. The van der Waals surface area contributed by atoms with Gasteiger partial charge in [0.15, 0.2) is 5.82 Å². The predicted octanol–water partition coefficient (Wildman–Crippen LogP) is 3.76. The number of fused-ring (bicyclic) bond motifs is 1. The fourth-order valence-electron chi connectivity index (χ4n) is 3.72. The van der Waals surface area contributed by atoms with E-state index < -0.39 is 0 Å². The second kappa shape index (κ2) is 7.50. The molecule has 1 fully saturated rings. The molecule has 4 heterocycles. The predicted molar refractivity (Wildman–Crippen MR) is 101 cm³/mol. The van der Waals surface area contributed by atoms with Crippen LogP contribution in [0.1, 0.15) is 68.8 Å². The number of rotatable bonds is 4. The molecule has 1 N–H and O–H groups in total. The number of nitrogens with zero attached hydrogens (tertiary/aromatic N) is 4. The third-order valence-corrected chi connectivity index (χ3v) is 5.20. The Morgan fingerprint density at radius 3 is 3.07 bits per heavy atom. The third-order valence-electron chi connectivity index (χ3n) is 5.20. The highest BCUT2D eigenvalue weighted by molar-refractivity contribution is 5.87. The van der Waals surface area contributed by atoms with E-state index in [4.69, 9.17) is 4.52 Å². The normalized spacial score (nSPS) is 18.2. The summed E-state index contributed by atoms with van der Waals surface area (Å²) in [4.78, 5) is 27.2. The van der Waals surface area contributed by atoms with Crippen LogP contribution < -0.4 is 0 Å². The average molecular weight is 367 g/mol. The quantitative estimate of drug-likeness (QED) is 0.758. The number of aromatic amines is 1. The van der Waals surface area contributed by atoms with Crippen LogP contribution in [0.3, 0.4) is 0 Å². The van der Waals surface area contributed by atoms with Gasteiger partial charge in [0.25, 0.3) is 0 Å². The van der Waals surface area contributed by atoms with Gasteiger partial charge in [0.05, 0.1) is 12.5 Å². The summed E-state index contributed by atoms with van der Waals surface area (Å²) < 4.78 is 5.40. The van der Waals surface area contributed by atoms with Crippen molar-refractivity contribution in [1.82, 2.24) is 25.0 Å². The molecule has 0 saturated carbocycles. The van der Waals surface area contributed by atoms with Crippen molar-refractivity contribution in [2.24, 2.45) is 0 Å². The van der Waals surface area contributed by atoms with Crippen LogP contribution in [-0.4, -0.2) is 37.5 Å². The van der Waals surface area contributed by atoms with Crippen molar-refractivity contribution in [3.63, 3.8) is 0 Å². The Bertz CT molecular complexity index is 929. The van der Waals surface area contributed by atoms with E-state index in [1.54, 1.807) is 6.20 Å². The van der Waals surface area contributed by atoms with Crippen molar-refractivity contribution in [3.8, 4) is 0 Å². The van der Waals surface area contributed by atoms with Crippen molar-refractivity contribution < 1.29 is 9.32 Å². The number of likely N-dealkylation sites (tertiary alicyclic amines) is 1. The lowest BCUT2D eigenvalue weighted by Gasteiger charge is -2.27. The molecular formula is C20H25N5O2. The minimum Gasteiger partial charge on any atom is -0.346 e. The van der Waals surface area contributed by atoms with E-state index in [0.717, 1.165) is 48.8 Å². The molecule has 1 atom stereocenters. The molecule has 0 radical (unpaired) electrons. The summed E-state index contributed by atoms with van der Waals surface area (Å²) in [6.07, 6.45) is 8.04. The Hall–Kier alpha value is -2.70. The average Bonchev–Trinajstić information content (AvgIpc) is 3.23. The van der Waals surface area contributed by atoms with E-state index in [9.17, 15) is 4.79 Å². The van der Waals surface area contributed by atoms with Gasteiger partial charge in [0, 0.05) is 30.2 Å². The van der Waals surface area contributed by atoms with Crippen molar-refractivity contribution in [1.29, 1.82) is 0 Å². The summed E-state index contributed by atoms with van der Waals surface area (Å²) in [6.45, 7) is 4.78. The van der Waals surface area contributed by atoms with E-state index in [2.05, 4.69) is 20.1 Å². The Morgan fingerprint density at radius 2 is 2.26 bits per heavy atom. The maximum Gasteiger partial charge on any atom is 0.229 e. The van der Waals surface area contributed by atoms with Crippen molar-refractivity contribution in [2.45, 2.75) is 57.9 Å². The highest BCUT2D eigenvalue weighted by atomic mass is 16.5. The van der Waals surface area contributed by atoms with Crippen LogP contribution in [0.2, 0.25) is 0 Å². The largest absolute Gasteiger partial charge is 0.346 e. The topological polar surface area (TPSA) is 87.9 Å². The maximum atomic E-state index is 13.2. The highest BCUT2D eigenvalue weighted by Crippen LogP contribution is 2.30. The number of aromatic nitrogens is 4. The van der Waals surface area contributed by atoms with E-state index in [-0.39, 0.29) is 17.9 Å². The smallest absolute Gasteiger partial charge is 0.229 e. The van der Waals surface area contributed by atoms with Gasteiger partial charge < -0.3 is 14.4 Å². The molecule has 4 rings (SSSR count). The zero-order chi connectivity index (χ0) is 18.8. The zero-order valence-electron chi connectivity index (χ0n) is 15.8. The lowest BCUT2D eigenvalue weighted by Crippen LogP contribution is -2.36. The van der Waals surface area contributed by atoms with Gasteiger partial charge in [-0.3, -0.25) is 4.79 Å². The van der Waals surface area contributed by atoms with E-state index in [0.29, 0.717) is 18.1 Å². The molecule has 27 heavy (non-hydrogen) atoms. The molecule has 1 aliphatic heterocycles. The molecule has 1 unspecified atom stereocenters. The van der Waals surface area contributed by atoms with Gasteiger partial charge in [-0.2, -0.15) is 4.98 Å². The first kappa shape index (κ1) is 17.7. The molecule has 0 aromatic carbocycles. The molecule has 1 amide bonds. The Balaban J connectivity index is 1.58. The Kier molecular flexibility index (Phi) is 4.92. The van der Waals surface area contributed by atoms with Gasteiger partial charge in [-0.05, 0) is 30.5 Å². The first-order valence-electron chi connectivity index (χ1n) is 9.67. The van der Waals surface area contributed by atoms with Crippen molar-refractivity contribution in [3.05, 3.63) is 41.8 Å². The molecule has 1 saturated heterocycles. The van der Waals surface area contributed by atoms with Gasteiger partial charge in [0.2, 0.25) is 11.8 Å². The molecule has 0 aliphatic carbocycles. The van der Waals surface area contributed by atoms with Gasteiger partial charge in [-0.1, -0.05) is 31.8 Å². The maximum absolute atomic E-state index is 13.2. The Morgan fingerprint density at radius 1 is 1.37 bits per heavy atom. The standard InChI is InChI=1S/C20H25N5O2/c1-13(2)20-23-19(24-27-20)16-8-4-3-5-10-25(16)17(26)11-14-12-22-18-15(14)7-6-9-21-18/h6-7,9,12-13,16H,3-5,8,10-11H2,1-2H3,(H,21,22). The second-order valence-corrected chi connectivity index (χ2v) is 7.49. The van der Waals surface area contributed by atoms with Crippen LogP contribution in [0.5, 0.6) is 0 Å². The summed E-state index contributed by atoms with van der Waals surface area (Å²) in [5.74, 6) is 1.54. The first-order valence-corrected chi connectivity index (χ1v) is 9.67. The number of carbonyl (C=O) groups excluding carboxylic acids is 1. The number of hydrogen-bond acceptors (Lipinski definition) is 5. The van der Waals surface area contributed by atoms with Gasteiger partial charge >= 0.3 is 0 Å². The molecule has 3 aromatic rings. The molecular weight excluding hydrogens is 342 g/mol. The van der Waals surface area contributed by atoms with Crippen molar-refractivity contribution in [2.75, 3.05) is 6.54 Å². The molecule has 1 aliphatic rings. The summed E-state index contributed by atoms with van der Waals surface area (Å²) in [6, 6.07) is 3.78. The molecule has 142 valence electrons. The molecule has 0 spiro atoms. The van der Waals surface area contributed by atoms with Crippen LogP contribution >= 0.6 is 0 Å². The fraction of sp³-hybridized carbons (Fsp3) is 0.500. The van der Waals surface area contributed by atoms with E-state index >= 15 is 0 Å². The molecule has 7 heteroatoms. The van der Waals surface area contributed by atoms with Crippen LogP contribution in [-0.2, 0) is 11.2 Å². The summed E-state index contributed by atoms with van der Waals surface area (Å²) in [5, 5.41) is 5.19. The van der Waals surface area contributed by atoms with Gasteiger partial charge in [0.1, 0.15) is 5.65 Å². The van der Waals surface area contributed by atoms with E-state index in [1.807, 2.05) is 37.1 Å². The summed E-state index contributed by atoms with van der Waals surface area (Å²) >= 11 is 0. The number of hydrogen-bond donors (Lipinski definition) is 1. The van der Waals surface area contributed by atoms with Crippen molar-refractivity contribution >= 4 is 16.9 Å². The Labute approximate surface area is 158 Å².